The van der Waals surface area contributed by atoms with Crippen molar-refractivity contribution in [3.05, 3.63) is 35.9 Å². The topological polar surface area (TPSA) is 58.6 Å². The average Bonchev–Trinajstić information content (AvgIpc) is 2.36. The first-order chi connectivity index (χ1) is 8.13. The number of amides is 1. The van der Waals surface area contributed by atoms with Crippen molar-refractivity contribution in [2.75, 3.05) is 13.7 Å². The zero-order chi connectivity index (χ0) is 12.7. The summed E-state index contributed by atoms with van der Waals surface area (Å²) in [6.07, 6.45) is -0.472. The Morgan fingerprint density at radius 3 is 2.65 bits per heavy atom. The minimum absolute atomic E-state index is 0.108. The average molecular weight is 237 g/mol. The molecule has 0 aliphatic carbocycles. The van der Waals surface area contributed by atoms with Crippen molar-refractivity contribution in [2.24, 2.45) is 0 Å². The number of nitrogens with one attached hydrogen (secondary N) is 1. The van der Waals surface area contributed by atoms with E-state index >= 15 is 0 Å². The van der Waals surface area contributed by atoms with E-state index in [1.54, 1.807) is 7.11 Å². The molecule has 0 spiro atoms. The Kier molecular flexibility index (Phi) is 5.66. The van der Waals surface area contributed by atoms with Gasteiger partial charge in [-0.05, 0) is 12.5 Å². The molecular formula is C13H19NO3. The molecule has 4 nitrogen and oxygen atoms in total. The molecule has 0 aliphatic heterocycles. The fourth-order valence-electron chi connectivity index (χ4n) is 1.42. The van der Waals surface area contributed by atoms with Crippen molar-refractivity contribution in [2.45, 2.75) is 25.6 Å². The van der Waals surface area contributed by atoms with Gasteiger partial charge in [0.25, 0.3) is 0 Å². The molecule has 1 rings (SSSR count). The first-order valence-corrected chi connectivity index (χ1v) is 5.66. The Balaban J connectivity index is 2.33. The number of aliphatic hydroxyl groups excluding tert-OH is 1. The molecule has 1 amide bonds. The van der Waals surface area contributed by atoms with E-state index < -0.39 is 6.10 Å². The van der Waals surface area contributed by atoms with Crippen LogP contribution in [-0.4, -0.2) is 30.8 Å². The van der Waals surface area contributed by atoms with E-state index in [-0.39, 0.29) is 18.6 Å². The standard InChI is InChI=1S/C13H19NO3/c1-10(17-2)8-13(16)14-9-12(15)11-6-4-3-5-7-11/h3-7,10,12,15H,8-9H2,1-2H3,(H,14,16). The second kappa shape index (κ2) is 7.04. The van der Waals surface area contributed by atoms with Crippen molar-refractivity contribution >= 4 is 5.91 Å². The monoisotopic (exact) mass is 237 g/mol. The van der Waals surface area contributed by atoms with Crippen LogP contribution in [0.3, 0.4) is 0 Å². The van der Waals surface area contributed by atoms with E-state index in [2.05, 4.69) is 5.32 Å². The van der Waals surface area contributed by atoms with Crippen LogP contribution in [0.2, 0.25) is 0 Å². The van der Waals surface area contributed by atoms with Gasteiger partial charge < -0.3 is 15.2 Å². The van der Waals surface area contributed by atoms with Crippen molar-refractivity contribution < 1.29 is 14.6 Å². The number of ether oxygens (including phenoxy) is 1. The normalized spacial score (nSPS) is 14.1. The Morgan fingerprint density at radius 1 is 1.41 bits per heavy atom. The highest BCUT2D eigenvalue weighted by molar-refractivity contribution is 5.76. The molecule has 17 heavy (non-hydrogen) atoms. The van der Waals surface area contributed by atoms with E-state index in [9.17, 15) is 9.90 Å². The van der Waals surface area contributed by atoms with E-state index in [0.29, 0.717) is 6.42 Å². The highest BCUT2D eigenvalue weighted by atomic mass is 16.5. The summed E-state index contributed by atoms with van der Waals surface area (Å²) in [5.74, 6) is -0.116. The molecule has 0 saturated heterocycles. The smallest absolute Gasteiger partial charge is 0.222 e. The summed E-state index contributed by atoms with van der Waals surface area (Å²) in [7, 11) is 1.57. The highest BCUT2D eigenvalue weighted by Crippen LogP contribution is 2.10. The third kappa shape index (κ3) is 4.97. The van der Waals surface area contributed by atoms with Crippen LogP contribution < -0.4 is 5.32 Å². The van der Waals surface area contributed by atoms with Crippen LogP contribution in [0.15, 0.2) is 30.3 Å². The van der Waals surface area contributed by atoms with Crippen molar-refractivity contribution in [1.82, 2.24) is 5.32 Å². The summed E-state index contributed by atoms with van der Waals surface area (Å²) in [6, 6.07) is 9.25. The number of aliphatic hydroxyl groups is 1. The second-order valence-electron chi connectivity index (χ2n) is 3.98. The maximum atomic E-state index is 11.4. The fraction of sp³-hybridized carbons (Fsp3) is 0.462. The zero-order valence-corrected chi connectivity index (χ0v) is 10.2. The molecule has 0 bridgehead atoms. The van der Waals surface area contributed by atoms with Crippen LogP contribution >= 0.6 is 0 Å². The molecule has 2 unspecified atom stereocenters. The molecule has 0 fully saturated rings. The number of benzene rings is 1. The van der Waals surface area contributed by atoms with Gasteiger partial charge in [-0.25, -0.2) is 0 Å². The van der Waals surface area contributed by atoms with Gasteiger partial charge in [-0.1, -0.05) is 30.3 Å². The number of carbonyl (C=O) groups excluding carboxylic acids is 1. The lowest BCUT2D eigenvalue weighted by Crippen LogP contribution is -2.30. The van der Waals surface area contributed by atoms with E-state index in [0.717, 1.165) is 5.56 Å². The molecule has 2 atom stereocenters. The van der Waals surface area contributed by atoms with Gasteiger partial charge in [0.05, 0.1) is 18.6 Å². The van der Waals surface area contributed by atoms with E-state index in [1.807, 2.05) is 37.3 Å². The minimum atomic E-state index is -0.669. The van der Waals surface area contributed by atoms with Crippen LogP contribution in [0.1, 0.15) is 25.0 Å². The van der Waals surface area contributed by atoms with Crippen LogP contribution in [0.5, 0.6) is 0 Å². The number of rotatable bonds is 6. The van der Waals surface area contributed by atoms with Crippen LogP contribution in [0, 0.1) is 0 Å². The molecule has 94 valence electrons. The molecule has 0 aromatic heterocycles. The largest absolute Gasteiger partial charge is 0.387 e. The van der Waals surface area contributed by atoms with Crippen LogP contribution in [0.4, 0.5) is 0 Å². The second-order valence-corrected chi connectivity index (χ2v) is 3.98. The van der Waals surface area contributed by atoms with Gasteiger partial charge >= 0.3 is 0 Å². The molecule has 0 radical (unpaired) electrons. The lowest BCUT2D eigenvalue weighted by molar-refractivity contribution is -0.123. The molecule has 0 saturated carbocycles. The summed E-state index contributed by atoms with van der Waals surface area (Å²) >= 11 is 0. The molecule has 1 aromatic rings. The molecule has 0 heterocycles. The van der Waals surface area contributed by atoms with Gasteiger partial charge in [-0.3, -0.25) is 4.79 Å². The lowest BCUT2D eigenvalue weighted by Gasteiger charge is -2.13. The van der Waals surface area contributed by atoms with Crippen molar-refractivity contribution in [1.29, 1.82) is 0 Å². The lowest BCUT2D eigenvalue weighted by atomic mass is 10.1. The van der Waals surface area contributed by atoms with Crippen LogP contribution in [0.25, 0.3) is 0 Å². The van der Waals surface area contributed by atoms with Gasteiger partial charge in [0.1, 0.15) is 0 Å². The maximum Gasteiger partial charge on any atom is 0.222 e. The predicted octanol–water partition coefficient (Wildman–Crippen LogP) is 1.26. The Labute approximate surface area is 102 Å². The molecular weight excluding hydrogens is 218 g/mol. The Bertz CT molecular complexity index is 340. The highest BCUT2D eigenvalue weighted by Gasteiger charge is 2.11. The number of methoxy groups -OCH3 is 1. The van der Waals surface area contributed by atoms with Gasteiger partial charge in [0.2, 0.25) is 5.91 Å². The third-order valence-electron chi connectivity index (χ3n) is 2.55. The first kappa shape index (κ1) is 13.7. The molecule has 1 aromatic carbocycles. The number of carbonyl (C=O) groups is 1. The van der Waals surface area contributed by atoms with Gasteiger partial charge in [-0.15, -0.1) is 0 Å². The zero-order valence-electron chi connectivity index (χ0n) is 10.2. The number of hydrogen-bond acceptors (Lipinski definition) is 3. The van der Waals surface area contributed by atoms with E-state index in [4.69, 9.17) is 4.74 Å². The third-order valence-corrected chi connectivity index (χ3v) is 2.55. The quantitative estimate of drug-likeness (QED) is 0.783. The summed E-state index contributed by atoms with van der Waals surface area (Å²) in [6.45, 7) is 2.05. The first-order valence-electron chi connectivity index (χ1n) is 5.66. The number of hydrogen-bond donors (Lipinski definition) is 2. The maximum absolute atomic E-state index is 11.4. The summed E-state index contributed by atoms with van der Waals surface area (Å²) in [4.78, 5) is 11.4. The summed E-state index contributed by atoms with van der Waals surface area (Å²) in [5.41, 5.74) is 0.799. The van der Waals surface area contributed by atoms with Crippen LogP contribution in [-0.2, 0) is 9.53 Å². The van der Waals surface area contributed by atoms with Crippen molar-refractivity contribution in [3.63, 3.8) is 0 Å². The van der Waals surface area contributed by atoms with Gasteiger partial charge in [-0.2, -0.15) is 0 Å². The molecule has 2 N–H and O–H groups in total. The minimum Gasteiger partial charge on any atom is -0.387 e. The predicted molar refractivity (Wildman–Crippen MR) is 65.5 cm³/mol. The van der Waals surface area contributed by atoms with Gasteiger partial charge in [0, 0.05) is 13.7 Å². The molecule has 4 heteroatoms. The SMILES string of the molecule is COC(C)CC(=O)NCC(O)c1ccccc1. The van der Waals surface area contributed by atoms with Gasteiger partial charge in [0.15, 0.2) is 0 Å². The molecule has 0 aliphatic rings. The van der Waals surface area contributed by atoms with Crippen molar-refractivity contribution in [3.8, 4) is 0 Å². The summed E-state index contributed by atoms with van der Waals surface area (Å²) < 4.78 is 4.99. The summed E-state index contributed by atoms with van der Waals surface area (Å²) in [5, 5.41) is 12.5. The Morgan fingerprint density at radius 2 is 2.06 bits per heavy atom. The Hall–Kier alpha value is -1.39. The fourth-order valence-corrected chi connectivity index (χ4v) is 1.42. The van der Waals surface area contributed by atoms with E-state index in [1.165, 1.54) is 0 Å².